The van der Waals surface area contributed by atoms with E-state index < -0.39 is 0 Å². The third-order valence-electron chi connectivity index (χ3n) is 2.25. The molecule has 1 aromatic carbocycles. The van der Waals surface area contributed by atoms with Gasteiger partial charge in [-0.25, -0.2) is 0 Å². The summed E-state index contributed by atoms with van der Waals surface area (Å²) in [6, 6.07) is 9.68. The molecule has 0 aliphatic heterocycles. The van der Waals surface area contributed by atoms with Crippen LogP contribution in [0.3, 0.4) is 0 Å². The Balaban J connectivity index is 1.81. The molecule has 0 atom stereocenters. The van der Waals surface area contributed by atoms with E-state index in [0.717, 1.165) is 11.1 Å². The first-order chi connectivity index (χ1) is 7.84. The molecular weight excluding hydrogens is 202 g/mol. The number of carbonyl (C=O) groups excluding carboxylic acids is 1. The summed E-state index contributed by atoms with van der Waals surface area (Å²) < 4.78 is 0. The molecular formula is C12H13N3O. The highest BCUT2D eigenvalue weighted by molar-refractivity contribution is 5.78. The van der Waals surface area contributed by atoms with Gasteiger partial charge in [0, 0.05) is 18.3 Å². The molecule has 2 rings (SSSR count). The Morgan fingerprint density at radius 2 is 2.06 bits per heavy atom. The van der Waals surface area contributed by atoms with Crippen LogP contribution in [0.15, 0.2) is 42.7 Å². The van der Waals surface area contributed by atoms with Gasteiger partial charge in [-0.1, -0.05) is 30.3 Å². The Morgan fingerprint density at radius 3 is 2.75 bits per heavy atom. The topological polar surface area (TPSA) is 57.8 Å². The molecule has 0 spiro atoms. The molecule has 0 fully saturated rings. The van der Waals surface area contributed by atoms with E-state index in [-0.39, 0.29) is 5.91 Å². The van der Waals surface area contributed by atoms with Crippen LogP contribution in [-0.4, -0.2) is 16.1 Å². The molecule has 0 radical (unpaired) electrons. The molecule has 16 heavy (non-hydrogen) atoms. The fourth-order valence-corrected chi connectivity index (χ4v) is 1.42. The monoisotopic (exact) mass is 215 g/mol. The van der Waals surface area contributed by atoms with E-state index >= 15 is 0 Å². The summed E-state index contributed by atoms with van der Waals surface area (Å²) in [4.78, 5) is 11.6. The molecule has 0 unspecified atom stereocenters. The zero-order chi connectivity index (χ0) is 11.2. The van der Waals surface area contributed by atoms with Crippen molar-refractivity contribution in [2.75, 3.05) is 0 Å². The Labute approximate surface area is 93.7 Å². The van der Waals surface area contributed by atoms with E-state index in [1.54, 1.807) is 12.4 Å². The molecule has 0 aliphatic carbocycles. The molecule has 1 amide bonds. The van der Waals surface area contributed by atoms with E-state index in [4.69, 9.17) is 0 Å². The first kappa shape index (κ1) is 10.4. The minimum absolute atomic E-state index is 0.0207. The lowest BCUT2D eigenvalue weighted by Crippen LogP contribution is -2.24. The fourth-order valence-electron chi connectivity index (χ4n) is 1.42. The Kier molecular flexibility index (Phi) is 3.33. The second-order valence-corrected chi connectivity index (χ2v) is 3.55. The van der Waals surface area contributed by atoms with E-state index in [2.05, 4.69) is 15.5 Å². The molecule has 2 N–H and O–H groups in total. The largest absolute Gasteiger partial charge is 0.352 e. The van der Waals surface area contributed by atoms with Crippen LogP contribution >= 0.6 is 0 Å². The van der Waals surface area contributed by atoms with E-state index in [0.29, 0.717) is 13.0 Å². The third-order valence-corrected chi connectivity index (χ3v) is 2.25. The van der Waals surface area contributed by atoms with Gasteiger partial charge in [0.2, 0.25) is 5.91 Å². The predicted octanol–water partition coefficient (Wildman–Crippen LogP) is 1.27. The van der Waals surface area contributed by atoms with Crippen LogP contribution in [0.5, 0.6) is 0 Å². The average molecular weight is 215 g/mol. The predicted molar refractivity (Wildman–Crippen MR) is 60.6 cm³/mol. The molecule has 4 heteroatoms. The van der Waals surface area contributed by atoms with Gasteiger partial charge in [-0.15, -0.1) is 0 Å². The zero-order valence-corrected chi connectivity index (χ0v) is 8.81. The number of aromatic amines is 1. The molecule has 1 aromatic heterocycles. The highest BCUT2D eigenvalue weighted by Gasteiger charge is 2.02. The second-order valence-electron chi connectivity index (χ2n) is 3.55. The third kappa shape index (κ3) is 2.95. The normalized spacial score (nSPS) is 10.0. The number of rotatable bonds is 4. The number of hydrogen-bond donors (Lipinski definition) is 2. The number of H-pyrrole nitrogens is 1. The summed E-state index contributed by atoms with van der Waals surface area (Å²) in [7, 11) is 0. The summed E-state index contributed by atoms with van der Waals surface area (Å²) in [5, 5.41) is 9.34. The van der Waals surface area contributed by atoms with Crippen molar-refractivity contribution in [3.63, 3.8) is 0 Å². The highest BCUT2D eigenvalue weighted by atomic mass is 16.1. The molecule has 82 valence electrons. The molecule has 0 saturated carbocycles. The van der Waals surface area contributed by atoms with Gasteiger partial charge in [-0.2, -0.15) is 5.10 Å². The fraction of sp³-hybridized carbons (Fsp3) is 0.167. The average Bonchev–Trinajstić information content (AvgIpc) is 2.81. The first-order valence-electron chi connectivity index (χ1n) is 5.13. The summed E-state index contributed by atoms with van der Waals surface area (Å²) in [6.45, 7) is 0.516. The number of benzene rings is 1. The van der Waals surface area contributed by atoms with Crippen LogP contribution in [-0.2, 0) is 17.8 Å². The van der Waals surface area contributed by atoms with Crippen LogP contribution in [0.1, 0.15) is 11.1 Å². The summed E-state index contributed by atoms with van der Waals surface area (Å²) in [6.07, 6.45) is 3.88. The van der Waals surface area contributed by atoms with Crippen LogP contribution in [0.2, 0.25) is 0 Å². The van der Waals surface area contributed by atoms with Crippen molar-refractivity contribution in [2.45, 2.75) is 13.0 Å². The number of aromatic nitrogens is 2. The maximum Gasteiger partial charge on any atom is 0.224 e. The van der Waals surface area contributed by atoms with E-state index in [1.165, 1.54) is 0 Å². The lowest BCUT2D eigenvalue weighted by molar-refractivity contribution is -0.120. The maximum atomic E-state index is 11.6. The molecule has 2 aromatic rings. The van der Waals surface area contributed by atoms with Crippen molar-refractivity contribution in [3.8, 4) is 0 Å². The summed E-state index contributed by atoms with van der Waals surface area (Å²) in [5.74, 6) is 0.0207. The minimum atomic E-state index is 0.0207. The molecule has 0 saturated heterocycles. The smallest absolute Gasteiger partial charge is 0.224 e. The quantitative estimate of drug-likeness (QED) is 0.806. The SMILES string of the molecule is O=C(Cc1ccccc1)NCc1cn[nH]c1. The van der Waals surface area contributed by atoms with Crippen LogP contribution in [0.25, 0.3) is 0 Å². The van der Waals surface area contributed by atoms with Crippen LogP contribution in [0.4, 0.5) is 0 Å². The van der Waals surface area contributed by atoms with Gasteiger partial charge in [0.15, 0.2) is 0 Å². The Bertz CT molecular complexity index is 437. The van der Waals surface area contributed by atoms with Gasteiger partial charge >= 0.3 is 0 Å². The van der Waals surface area contributed by atoms with Crippen molar-refractivity contribution in [3.05, 3.63) is 53.9 Å². The lowest BCUT2D eigenvalue weighted by Gasteiger charge is -2.03. The maximum absolute atomic E-state index is 11.6. The van der Waals surface area contributed by atoms with Crippen molar-refractivity contribution >= 4 is 5.91 Å². The highest BCUT2D eigenvalue weighted by Crippen LogP contribution is 1.99. The van der Waals surface area contributed by atoms with Crippen molar-refractivity contribution < 1.29 is 4.79 Å². The Morgan fingerprint density at radius 1 is 1.25 bits per heavy atom. The zero-order valence-electron chi connectivity index (χ0n) is 8.81. The molecule has 0 aliphatic rings. The van der Waals surface area contributed by atoms with Gasteiger partial charge < -0.3 is 5.32 Å². The number of nitrogens with one attached hydrogen (secondary N) is 2. The van der Waals surface area contributed by atoms with Gasteiger partial charge in [0.1, 0.15) is 0 Å². The van der Waals surface area contributed by atoms with Crippen LogP contribution in [0, 0.1) is 0 Å². The van der Waals surface area contributed by atoms with Gasteiger partial charge in [-0.3, -0.25) is 9.89 Å². The van der Waals surface area contributed by atoms with Gasteiger partial charge in [-0.05, 0) is 5.56 Å². The first-order valence-corrected chi connectivity index (χ1v) is 5.13. The summed E-state index contributed by atoms with van der Waals surface area (Å²) >= 11 is 0. The van der Waals surface area contributed by atoms with E-state index in [9.17, 15) is 4.79 Å². The van der Waals surface area contributed by atoms with Crippen molar-refractivity contribution in [1.82, 2.24) is 15.5 Å². The molecule has 1 heterocycles. The minimum Gasteiger partial charge on any atom is -0.352 e. The second kappa shape index (κ2) is 5.11. The van der Waals surface area contributed by atoms with Gasteiger partial charge in [0.25, 0.3) is 0 Å². The Hall–Kier alpha value is -2.10. The lowest BCUT2D eigenvalue weighted by atomic mass is 10.1. The number of hydrogen-bond acceptors (Lipinski definition) is 2. The van der Waals surface area contributed by atoms with Crippen LogP contribution < -0.4 is 5.32 Å². The van der Waals surface area contributed by atoms with E-state index in [1.807, 2.05) is 30.3 Å². The number of nitrogens with zero attached hydrogens (tertiary/aromatic N) is 1. The van der Waals surface area contributed by atoms with Gasteiger partial charge in [0.05, 0.1) is 12.6 Å². The van der Waals surface area contributed by atoms with Crippen molar-refractivity contribution in [2.24, 2.45) is 0 Å². The number of amides is 1. The number of carbonyl (C=O) groups is 1. The molecule has 4 nitrogen and oxygen atoms in total. The standard InChI is InChI=1S/C12H13N3O/c16-12(6-10-4-2-1-3-5-10)13-7-11-8-14-15-9-11/h1-5,8-9H,6-7H2,(H,13,16)(H,14,15). The molecule has 0 bridgehead atoms. The summed E-state index contributed by atoms with van der Waals surface area (Å²) in [5.41, 5.74) is 1.99. The van der Waals surface area contributed by atoms with Crippen molar-refractivity contribution in [1.29, 1.82) is 0 Å².